The summed E-state index contributed by atoms with van der Waals surface area (Å²) >= 11 is 0. The molecule has 1 amide bonds. The second kappa shape index (κ2) is 4.83. The maximum atomic E-state index is 12.1. The highest BCUT2D eigenvalue weighted by Gasteiger charge is 2.10. The zero-order valence-electron chi connectivity index (χ0n) is 10.3. The van der Waals surface area contributed by atoms with E-state index in [2.05, 4.69) is 15.3 Å². The summed E-state index contributed by atoms with van der Waals surface area (Å²) < 4.78 is 0. The number of amides is 1. The molecule has 0 saturated carbocycles. The lowest BCUT2D eigenvalue weighted by Crippen LogP contribution is -2.14. The summed E-state index contributed by atoms with van der Waals surface area (Å²) in [4.78, 5) is 20.2. The van der Waals surface area contributed by atoms with E-state index in [1.54, 1.807) is 31.3 Å². The van der Waals surface area contributed by atoms with Crippen LogP contribution in [0.2, 0.25) is 0 Å². The van der Waals surface area contributed by atoms with Crippen LogP contribution in [-0.4, -0.2) is 15.9 Å². The summed E-state index contributed by atoms with van der Waals surface area (Å²) in [5.41, 5.74) is 8.77. The van der Waals surface area contributed by atoms with Crippen LogP contribution in [0.5, 0.6) is 0 Å². The smallest absolute Gasteiger partial charge is 0.257 e. The zero-order chi connectivity index (χ0) is 13.1. The van der Waals surface area contributed by atoms with E-state index in [1.807, 2.05) is 6.92 Å². The quantitative estimate of drug-likeness (QED) is 0.843. The highest BCUT2D eigenvalue weighted by Crippen LogP contribution is 2.13. The predicted molar refractivity (Wildman–Crippen MR) is 70.3 cm³/mol. The molecule has 0 fully saturated rings. The number of nitrogens with one attached hydrogen (secondary N) is 1. The van der Waals surface area contributed by atoms with Crippen molar-refractivity contribution in [2.24, 2.45) is 0 Å². The summed E-state index contributed by atoms with van der Waals surface area (Å²) in [6, 6.07) is 5.15. The number of pyridine rings is 2. The van der Waals surface area contributed by atoms with Crippen molar-refractivity contribution < 1.29 is 4.79 Å². The normalized spacial score (nSPS) is 10.1. The van der Waals surface area contributed by atoms with Gasteiger partial charge in [-0.3, -0.25) is 14.8 Å². The number of carbonyl (C=O) groups excluding carboxylic acids is 1. The summed E-state index contributed by atoms with van der Waals surface area (Å²) in [5, 5.41) is 2.79. The van der Waals surface area contributed by atoms with Gasteiger partial charge in [0.15, 0.2) is 0 Å². The molecule has 0 saturated heterocycles. The number of nitrogen functional groups attached to an aromatic ring is 1. The minimum absolute atomic E-state index is 0.224. The molecule has 0 aliphatic rings. The van der Waals surface area contributed by atoms with Gasteiger partial charge in [-0.25, -0.2) is 0 Å². The maximum absolute atomic E-state index is 12.1. The third kappa shape index (κ3) is 2.63. The lowest BCUT2D eigenvalue weighted by atomic mass is 10.1. The number of aryl methyl sites for hydroxylation is 2. The number of aromatic nitrogens is 2. The molecule has 5 heteroatoms. The number of hydrogen-bond acceptors (Lipinski definition) is 4. The van der Waals surface area contributed by atoms with E-state index < -0.39 is 0 Å². The summed E-state index contributed by atoms with van der Waals surface area (Å²) in [5.74, 6) is -0.224. The second-order valence-electron chi connectivity index (χ2n) is 4.04. The van der Waals surface area contributed by atoms with E-state index in [4.69, 9.17) is 5.73 Å². The highest BCUT2D eigenvalue weighted by molar-refractivity contribution is 6.05. The van der Waals surface area contributed by atoms with Gasteiger partial charge in [-0.15, -0.1) is 0 Å². The molecule has 0 spiro atoms. The van der Waals surface area contributed by atoms with Crippen LogP contribution >= 0.6 is 0 Å². The number of rotatable bonds is 2. The van der Waals surface area contributed by atoms with Crippen LogP contribution in [0, 0.1) is 13.8 Å². The Morgan fingerprint density at radius 1 is 1.28 bits per heavy atom. The minimum Gasteiger partial charge on any atom is -0.397 e. The Kier molecular flexibility index (Phi) is 3.23. The molecule has 0 unspecified atom stereocenters. The first-order chi connectivity index (χ1) is 8.56. The Morgan fingerprint density at radius 3 is 2.78 bits per heavy atom. The standard InChI is InChI=1S/C13H14N4O/c1-8-5-11(3-4-15-8)17-13(18)12-6-10(14)7-16-9(12)2/h3-7H,14H2,1-2H3,(H,15,17,18). The molecule has 92 valence electrons. The Balaban J connectivity index is 2.24. The molecular formula is C13H14N4O. The molecule has 2 aromatic rings. The van der Waals surface area contributed by atoms with E-state index in [1.165, 1.54) is 6.20 Å². The zero-order valence-corrected chi connectivity index (χ0v) is 10.3. The average Bonchev–Trinajstić information content (AvgIpc) is 2.32. The highest BCUT2D eigenvalue weighted by atomic mass is 16.1. The van der Waals surface area contributed by atoms with Gasteiger partial charge >= 0.3 is 0 Å². The van der Waals surface area contributed by atoms with Crippen molar-refractivity contribution in [1.29, 1.82) is 0 Å². The van der Waals surface area contributed by atoms with Gasteiger partial charge in [0.1, 0.15) is 0 Å². The van der Waals surface area contributed by atoms with Gasteiger partial charge in [0.25, 0.3) is 5.91 Å². The first kappa shape index (κ1) is 12.0. The fourth-order valence-corrected chi connectivity index (χ4v) is 1.60. The van der Waals surface area contributed by atoms with E-state index in [-0.39, 0.29) is 5.91 Å². The lowest BCUT2D eigenvalue weighted by molar-refractivity contribution is 0.102. The molecule has 0 aromatic carbocycles. The molecule has 5 nitrogen and oxygen atoms in total. The molecule has 0 aliphatic carbocycles. The van der Waals surface area contributed by atoms with E-state index in [0.29, 0.717) is 22.6 Å². The number of carbonyl (C=O) groups is 1. The van der Waals surface area contributed by atoms with Gasteiger partial charge in [0, 0.05) is 17.6 Å². The monoisotopic (exact) mass is 242 g/mol. The van der Waals surface area contributed by atoms with Gasteiger partial charge in [-0.1, -0.05) is 0 Å². The van der Waals surface area contributed by atoms with E-state index in [9.17, 15) is 4.79 Å². The van der Waals surface area contributed by atoms with Crippen molar-refractivity contribution in [3.63, 3.8) is 0 Å². The first-order valence-electron chi connectivity index (χ1n) is 5.52. The fourth-order valence-electron chi connectivity index (χ4n) is 1.60. The summed E-state index contributed by atoms with van der Waals surface area (Å²) in [7, 11) is 0. The van der Waals surface area contributed by atoms with Gasteiger partial charge in [-0.05, 0) is 32.0 Å². The average molecular weight is 242 g/mol. The molecule has 3 N–H and O–H groups in total. The SMILES string of the molecule is Cc1cc(NC(=O)c2cc(N)cnc2C)ccn1. The van der Waals surface area contributed by atoms with Crippen molar-refractivity contribution in [2.75, 3.05) is 11.1 Å². The third-order valence-corrected chi connectivity index (χ3v) is 2.51. The Bertz CT molecular complexity index is 595. The Hall–Kier alpha value is -2.43. The van der Waals surface area contributed by atoms with Crippen molar-refractivity contribution >= 4 is 17.3 Å². The molecule has 2 rings (SSSR count). The van der Waals surface area contributed by atoms with Crippen LogP contribution in [0.15, 0.2) is 30.6 Å². The molecule has 0 bridgehead atoms. The molecule has 0 aliphatic heterocycles. The second-order valence-corrected chi connectivity index (χ2v) is 4.04. The maximum Gasteiger partial charge on any atom is 0.257 e. The Morgan fingerprint density at radius 2 is 2.06 bits per heavy atom. The number of nitrogens with zero attached hydrogens (tertiary/aromatic N) is 2. The third-order valence-electron chi connectivity index (χ3n) is 2.51. The van der Waals surface area contributed by atoms with Gasteiger partial charge in [0.05, 0.1) is 23.1 Å². The van der Waals surface area contributed by atoms with Crippen LogP contribution in [0.25, 0.3) is 0 Å². The molecule has 0 atom stereocenters. The van der Waals surface area contributed by atoms with Crippen LogP contribution in [0.1, 0.15) is 21.7 Å². The molecular weight excluding hydrogens is 228 g/mol. The van der Waals surface area contributed by atoms with Gasteiger partial charge in [0.2, 0.25) is 0 Å². The van der Waals surface area contributed by atoms with Crippen molar-refractivity contribution in [3.8, 4) is 0 Å². The molecule has 2 aromatic heterocycles. The first-order valence-corrected chi connectivity index (χ1v) is 5.52. The van der Waals surface area contributed by atoms with Crippen molar-refractivity contribution in [2.45, 2.75) is 13.8 Å². The van der Waals surface area contributed by atoms with Crippen LogP contribution in [0.3, 0.4) is 0 Å². The Labute approximate surface area is 105 Å². The van der Waals surface area contributed by atoms with Gasteiger partial charge in [-0.2, -0.15) is 0 Å². The number of anilines is 2. The summed E-state index contributed by atoms with van der Waals surface area (Å²) in [6.45, 7) is 3.63. The van der Waals surface area contributed by atoms with Crippen LogP contribution in [0.4, 0.5) is 11.4 Å². The van der Waals surface area contributed by atoms with Crippen molar-refractivity contribution in [3.05, 3.63) is 47.5 Å². The van der Waals surface area contributed by atoms with Crippen molar-refractivity contribution in [1.82, 2.24) is 9.97 Å². The summed E-state index contributed by atoms with van der Waals surface area (Å²) in [6.07, 6.45) is 3.18. The predicted octanol–water partition coefficient (Wildman–Crippen LogP) is 1.93. The van der Waals surface area contributed by atoms with Crippen LogP contribution < -0.4 is 11.1 Å². The molecule has 2 heterocycles. The lowest BCUT2D eigenvalue weighted by Gasteiger charge is -2.08. The largest absolute Gasteiger partial charge is 0.397 e. The molecule has 0 radical (unpaired) electrons. The fraction of sp³-hybridized carbons (Fsp3) is 0.154. The number of hydrogen-bond donors (Lipinski definition) is 2. The van der Waals surface area contributed by atoms with Crippen LogP contribution in [-0.2, 0) is 0 Å². The van der Waals surface area contributed by atoms with E-state index in [0.717, 1.165) is 5.69 Å². The topological polar surface area (TPSA) is 80.9 Å². The minimum atomic E-state index is -0.224. The molecule has 18 heavy (non-hydrogen) atoms. The van der Waals surface area contributed by atoms with Gasteiger partial charge < -0.3 is 11.1 Å². The van der Waals surface area contributed by atoms with E-state index >= 15 is 0 Å². The number of nitrogens with two attached hydrogens (primary N) is 1.